The van der Waals surface area contributed by atoms with Crippen LogP contribution in [0.2, 0.25) is 0 Å². The van der Waals surface area contributed by atoms with Crippen LogP contribution in [0.5, 0.6) is 0 Å². The van der Waals surface area contributed by atoms with E-state index in [0.29, 0.717) is 0 Å². The molecule has 0 radical (unpaired) electrons. The van der Waals surface area contributed by atoms with E-state index in [4.69, 9.17) is 5.73 Å². The van der Waals surface area contributed by atoms with Crippen LogP contribution in [0.25, 0.3) is 0 Å². The monoisotopic (exact) mass is 183 g/mol. The van der Waals surface area contributed by atoms with Crippen LogP contribution < -0.4 is 5.73 Å². The first-order chi connectivity index (χ1) is 6.23. The van der Waals surface area contributed by atoms with Crippen LogP contribution in [0.4, 0.5) is 0 Å². The summed E-state index contributed by atoms with van der Waals surface area (Å²) in [5.74, 6) is 0.796. The van der Waals surface area contributed by atoms with Crippen molar-refractivity contribution in [1.82, 2.24) is 0 Å². The zero-order valence-corrected chi connectivity index (χ0v) is 9.31. The summed E-state index contributed by atoms with van der Waals surface area (Å²) in [6, 6.07) is 0. The maximum atomic E-state index is 6.44. The molecular weight excluding hydrogens is 158 g/mol. The van der Waals surface area contributed by atoms with Gasteiger partial charge in [0.05, 0.1) is 0 Å². The van der Waals surface area contributed by atoms with Crippen LogP contribution in [0, 0.1) is 5.92 Å². The first-order valence-electron chi connectivity index (χ1n) is 6.02. The molecule has 1 nitrogen and oxygen atoms in total. The average molecular weight is 183 g/mol. The Morgan fingerprint density at radius 2 is 1.46 bits per heavy atom. The lowest BCUT2D eigenvalue weighted by atomic mass is 9.76. The molecule has 0 unspecified atom stereocenters. The largest absolute Gasteiger partial charge is 0.325 e. The molecule has 0 heterocycles. The van der Waals surface area contributed by atoms with Gasteiger partial charge in [0.25, 0.3) is 0 Å². The third-order valence-electron chi connectivity index (χ3n) is 3.98. The van der Waals surface area contributed by atoms with Gasteiger partial charge in [-0.1, -0.05) is 39.5 Å². The molecule has 0 amide bonds. The summed E-state index contributed by atoms with van der Waals surface area (Å²) in [5.41, 5.74) is 6.58. The highest BCUT2D eigenvalue weighted by Gasteiger charge is 2.31. The first kappa shape index (κ1) is 11.0. The third-order valence-corrected chi connectivity index (χ3v) is 3.98. The maximum absolute atomic E-state index is 6.44. The van der Waals surface area contributed by atoms with Crippen molar-refractivity contribution in [3.63, 3.8) is 0 Å². The second kappa shape index (κ2) is 4.99. The fourth-order valence-electron chi connectivity index (χ4n) is 2.68. The minimum Gasteiger partial charge on any atom is -0.325 e. The Bertz CT molecular complexity index is 130. The van der Waals surface area contributed by atoms with E-state index in [1.54, 1.807) is 0 Å². The number of rotatable bonds is 3. The van der Waals surface area contributed by atoms with E-state index < -0.39 is 0 Å². The van der Waals surface area contributed by atoms with Gasteiger partial charge in [0, 0.05) is 5.54 Å². The predicted molar refractivity (Wildman–Crippen MR) is 58.7 cm³/mol. The molecule has 0 aromatic carbocycles. The Hall–Kier alpha value is -0.0400. The molecule has 0 aliphatic heterocycles. The molecule has 13 heavy (non-hydrogen) atoms. The highest BCUT2D eigenvalue weighted by molar-refractivity contribution is 4.89. The third kappa shape index (κ3) is 2.70. The van der Waals surface area contributed by atoms with Crippen LogP contribution in [-0.2, 0) is 0 Å². The molecule has 0 bridgehead atoms. The molecule has 1 rings (SSSR count). The number of nitrogens with two attached hydrogens (primary N) is 1. The normalized spacial score (nSPS) is 21.5. The molecule has 1 fully saturated rings. The minimum absolute atomic E-state index is 0.143. The van der Waals surface area contributed by atoms with Crippen LogP contribution in [0.3, 0.4) is 0 Å². The fraction of sp³-hybridized carbons (Fsp3) is 1.00. The molecular formula is C12H25N. The molecule has 0 atom stereocenters. The Kier molecular flexibility index (Phi) is 4.24. The van der Waals surface area contributed by atoms with E-state index in [9.17, 15) is 0 Å². The van der Waals surface area contributed by atoms with Crippen molar-refractivity contribution >= 4 is 0 Å². The van der Waals surface area contributed by atoms with E-state index >= 15 is 0 Å². The maximum Gasteiger partial charge on any atom is 0.0177 e. The molecule has 1 aliphatic rings. The van der Waals surface area contributed by atoms with E-state index in [-0.39, 0.29) is 5.54 Å². The molecule has 0 aromatic heterocycles. The summed E-state index contributed by atoms with van der Waals surface area (Å²) in [7, 11) is 0. The summed E-state index contributed by atoms with van der Waals surface area (Å²) < 4.78 is 0. The molecule has 1 aliphatic carbocycles. The van der Waals surface area contributed by atoms with Gasteiger partial charge in [0.15, 0.2) is 0 Å². The Balaban J connectivity index is 2.55. The van der Waals surface area contributed by atoms with Crippen molar-refractivity contribution < 1.29 is 0 Å². The summed E-state index contributed by atoms with van der Waals surface area (Å²) in [6.45, 7) is 4.49. The lowest BCUT2D eigenvalue weighted by molar-refractivity contribution is 0.227. The second-order valence-corrected chi connectivity index (χ2v) is 4.63. The van der Waals surface area contributed by atoms with Crippen molar-refractivity contribution in [1.29, 1.82) is 0 Å². The van der Waals surface area contributed by atoms with E-state index in [0.717, 1.165) is 18.8 Å². The van der Waals surface area contributed by atoms with Gasteiger partial charge < -0.3 is 5.73 Å². The molecule has 0 saturated heterocycles. The number of hydrogen-bond donors (Lipinski definition) is 1. The van der Waals surface area contributed by atoms with E-state index in [2.05, 4.69) is 13.8 Å². The van der Waals surface area contributed by atoms with Gasteiger partial charge in [-0.3, -0.25) is 0 Å². The molecule has 0 aromatic rings. The van der Waals surface area contributed by atoms with Crippen molar-refractivity contribution in [2.45, 2.75) is 70.8 Å². The van der Waals surface area contributed by atoms with Gasteiger partial charge in [-0.2, -0.15) is 0 Å². The fourth-order valence-corrected chi connectivity index (χ4v) is 2.68. The summed E-state index contributed by atoms with van der Waals surface area (Å²) >= 11 is 0. The highest BCUT2D eigenvalue weighted by atomic mass is 14.8. The SMILES string of the molecule is CCC(N)(CC)C1CCCCCC1. The van der Waals surface area contributed by atoms with Crippen molar-refractivity contribution in [2.75, 3.05) is 0 Å². The van der Waals surface area contributed by atoms with Gasteiger partial charge in [-0.25, -0.2) is 0 Å². The Morgan fingerprint density at radius 1 is 1.00 bits per heavy atom. The van der Waals surface area contributed by atoms with Gasteiger partial charge in [-0.15, -0.1) is 0 Å². The summed E-state index contributed by atoms with van der Waals surface area (Å²) in [4.78, 5) is 0. The van der Waals surface area contributed by atoms with Crippen LogP contribution in [0.1, 0.15) is 65.2 Å². The van der Waals surface area contributed by atoms with Gasteiger partial charge >= 0.3 is 0 Å². The lowest BCUT2D eigenvalue weighted by Crippen LogP contribution is -2.45. The lowest BCUT2D eigenvalue weighted by Gasteiger charge is -2.35. The first-order valence-corrected chi connectivity index (χ1v) is 6.02. The van der Waals surface area contributed by atoms with Crippen LogP contribution in [0.15, 0.2) is 0 Å². The van der Waals surface area contributed by atoms with Gasteiger partial charge in [0.2, 0.25) is 0 Å². The second-order valence-electron chi connectivity index (χ2n) is 4.63. The van der Waals surface area contributed by atoms with Gasteiger partial charge in [0.1, 0.15) is 0 Å². The number of hydrogen-bond acceptors (Lipinski definition) is 1. The van der Waals surface area contributed by atoms with Crippen molar-refractivity contribution in [3.8, 4) is 0 Å². The van der Waals surface area contributed by atoms with E-state index in [1.807, 2.05) is 0 Å². The predicted octanol–water partition coefficient (Wildman–Crippen LogP) is 3.47. The average Bonchev–Trinajstić information content (AvgIpc) is 2.45. The Labute approximate surface area is 83.1 Å². The van der Waals surface area contributed by atoms with Crippen molar-refractivity contribution in [3.05, 3.63) is 0 Å². The standard InChI is InChI=1S/C12H25N/c1-3-12(13,4-2)11-9-7-5-6-8-10-11/h11H,3-10,13H2,1-2H3. The van der Waals surface area contributed by atoms with Crippen molar-refractivity contribution in [2.24, 2.45) is 11.7 Å². The van der Waals surface area contributed by atoms with Crippen LogP contribution >= 0.6 is 0 Å². The van der Waals surface area contributed by atoms with Gasteiger partial charge in [-0.05, 0) is 31.6 Å². The molecule has 2 N–H and O–H groups in total. The van der Waals surface area contributed by atoms with E-state index in [1.165, 1.54) is 38.5 Å². The smallest absolute Gasteiger partial charge is 0.0177 e. The molecule has 0 spiro atoms. The molecule has 78 valence electrons. The Morgan fingerprint density at radius 3 is 1.85 bits per heavy atom. The zero-order valence-electron chi connectivity index (χ0n) is 9.31. The quantitative estimate of drug-likeness (QED) is 0.666. The molecule has 1 saturated carbocycles. The topological polar surface area (TPSA) is 26.0 Å². The zero-order chi connectivity index (χ0) is 9.73. The van der Waals surface area contributed by atoms with Crippen LogP contribution in [-0.4, -0.2) is 5.54 Å². The highest BCUT2D eigenvalue weighted by Crippen LogP contribution is 2.33. The summed E-state index contributed by atoms with van der Waals surface area (Å²) in [6.07, 6.45) is 10.7. The molecule has 1 heteroatoms. The summed E-state index contributed by atoms with van der Waals surface area (Å²) in [5, 5.41) is 0. The minimum atomic E-state index is 0.143.